The van der Waals surface area contributed by atoms with Gasteiger partial charge in [-0.2, -0.15) is 0 Å². The Morgan fingerprint density at radius 1 is 1.17 bits per heavy atom. The third-order valence-corrected chi connectivity index (χ3v) is 5.88. The molecule has 1 aromatic rings. The Hall–Kier alpha value is -1.91. The van der Waals surface area contributed by atoms with E-state index in [2.05, 4.69) is 5.32 Å². The predicted molar refractivity (Wildman–Crippen MR) is 89.1 cm³/mol. The highest BCUT2D eigenvalue weighted by molar-refractivity contribution is 6.01. The molecule has 0 aromatic heterocycles. The smallest absolute Gasteiger partial charge is 0.230 e. The van der Waals surface area contributed by atoms with Gasteiger partial charge in [-0.15, -0.1) is 0 Å². The zero-order valence-electron chi connectivity index (χ0n) is 13.8. The van der Waals surface area contributed by atoms with Crippen molar-refractivity contribution in [1.29, 1.82) is 0 Å². The van der Waals surface area contributed by atoms with E-state index in [9.17, 15) is 14.0 Å². The minimum absolute atomic E-state index is 0.0503. The lowest BCUT2D eigenvalue weighted by atomic mass is 9.77. The fraction of sp³-hybridized carbons (Fsp3) is 0.579. The van der Waals surface area contributed by atoms with Crippen LogP contribution in [-0.4, -0.2) is 29.3 Å². The van der Waals surface area contributed by atoms with Crippen LogP contribution in [0.3, 0.4) is 0 Å². The lowest BCUT2D eigenvalue weighted by molar-refractivity contribution is -0.140. The molecule has 0 spiro atoms. The van der Waals surface area contributed by atoms with Crippen LogP contribution in [0.2, 0.25) is 0 Å². The molecule has 1 aromatic carbocycles. The van der Waals surface area contributed by atoms with Crippen molar-refractivity contribution in [3.8, 4) is 0 Å². The molecule has 0 radical (unpaired) electrons. The number of nitrogens with zero attached hydrogens (tertiary/aromatic N) is 1. The van der Waals surface area contributed by atoms with E-state index in [1.165, 1.54) is 37.8 Å². The van der Waals surface area contributed by atoms with Gasteiger partial charge in [0, 0.05) is 24.7 Å². The summed E-state index contributed by atoms with van der Waals surface area (Å²) in [5.41, 5.74) is 1.20. The molecule has 2 aliphatic heterocycles. The molecular formula is C19H23FN2O2. The second kappa shape index (κ2) is 6.19. The summed E-state index contributed by atoms with van der Waals surface area (Å²) in [5, 5.41) is 2.70. The molecular weight excluding hydrogens is 307 g/mol. The van der Waals surface area contributed by atoms with Crippen LogP contribution in [0.1, 0.15) is 56.4 Å². The first-order valence-electron chi connectivity index (χ1n) is 9.03. The van der Waals surface area contributed by atoms with Gasteiger partial charge in [0.25, 0.3) is 0 Å². The number of fused-ring (bicyclic) bond motifs is 2. The van der Waals surface area contributed by atoms with E-state index in [1.807, 2.05) is 4.90 Å². The van der Waals surface area contributed by atoms with Gasteiger partial charge in [-0.1, -0.05) is 18.9 Å². The Balaban J connectivity index is 1.63. The fourth-order valence-corrected chi connectivity index (χ4v) is 4.76. The van der Waals surface area contributed by atoms with Gasteiger partial charge in [0.1, 0.15) is 5.82 Å². The predicted octanol–water partition coefficient (Wildman–Crippen LogP) is 3.43. The van der Waals surface area contributed by atoms with Gasteiger partial charge in [0.05, 0.1) is 5.92 Å². The molecule has 0 bridgehead atoms. The van der Waals surface area contributed by atoms with Crippen molar-refractivity contribution < 1.29 is 14.0 Å². The monoisotopic (exact) mass is 330 g/mol. The van der Waals surface area contributed by atoms with Crippen molar-refractivity contribution in [2.24, 2.45) is 5.92 Å². The van der Waals surface area contributed by atoms with Crippen molar-refractivity contribution in [1.82, 2.24) is 4.90 Å². The van der Waals surface area contributed by atoms with Gasteiger partial charge in [-0.3, -0.25) is 9.59 Å². The van der Waals surface area contributed by atoms with Crippen molar-refractivity contribution in [3.05, 3.63) is 29.6 Å². The maximum Gasteiger partial charge on any atom is 0.230 e. The highest BCUT2D eigenvalue weighted by Gasteiger charge is 2.40. The van der Waals surface area contributed by atoms with Crippen LogP contribution in [0.15, 0.2) is 18.2 Å². The third-order valence-electron chi connectivity index (χ3n) is 5.88. The minimum Gasteiger partial charge on any atom is -0.339 e. The van der Waals surface area contributed by atoms with Crippen molar-refractivity contribution in [2.45, 2.75) is 56.9 Å². The summed E-state index contributed by atoms with van der Waals surface area (Å²) in [6.45, 7) is 0.786. The number of amides is 2. The summed E-state index contributed by atoms with van der Waals surface area (Å²) in [6, 6.07) is 4.66. The van der Waals surface area contributed by atoms with Gasteiger partial charge in [0.15, 0.2) is 0 Å². The molecule has 2 amide bonds. The number of hydrogen-bond acceptors (Lipinski definition) is 2. The van der Waals surface area contributed by atoms with E-state index in [0.29, 0.717) is 17.6 Å². The largest absolute Gasteiger partial charge is 0.339 e. The van der Waals surface area contributed by atoms with E-state index in [0.717, 1.165) is 24.9 Å². The Morgan fingerprint density at radius 2 is 1.96 bits per heavy atom. The van der Waals surface area contributed by atoms with Crippen LogP contribution >= 0.6 is 0 Å². The Kier molecular flexibility index (Phi) is 4.02. The maximum atomic E-state index is 13.5. The zero-order valence-corrected chi connectivity index (χ0v) is 13.8. The lowest BCUT2D eigenvalue weighted by Crippen LogP contribution is -2.51. The maximum absolute atomic E-state index is 13.5. The Morgan fingerprint density at radius 3 is 2.83 bits per heavy atom. The van der Waals surface area contributed by atoms with Crippen LogP contribution < -0.4 is 5.32 Å². The second-order valence-electron chi connectivity index (χ2n) is 7.32. The SMILES string of the molecule is O=C1C[C@H](C(=O)N2CCC[C@H]3CCCC[C@H]32)c2ccc(F)cc2N1. The first kappa shape index (κ1) is 15.6. The van der Waals surface area contributed by atoms with Crippen LogP contribution in [0, 0.1) is 11.7 Å². The average molecular weight is 330 g/mol. The zero-order chi connectivity index (χ0) is 16.7. The Labute approximate surface area is 141 Å². The van der Waals surface area contributed by atoms with Crippen molar-refractivity contribution in [3.63, 3.8) is 0 Å². The summed E-state index contributed by atoms with van der Waals surface area (Å²) < 4.78 is 13.5. The quantitative estimate of drug-likeness (QED) is 0.857. The normalized spacial score (nSPS) is 29.5. The van der Waals surface area contributed by atoms with Gasteiger partial charge >= 0.3 is 0 Å². The molecule has 2 heterocycles. The first-order valence-corrected chi connectivity index (χ1v) is 9.03. The minimum atomic E-state index is -0.477. The summed E-state index contributed by atoms with van der Waals surface area (Å²) in [7, 11) is 0. The average Bonchev–Trinajstić information content (AvgIpc) is 2.59. The van der Waals surface area contributed by atoms with Crippen molar-refractivity contribution in [2.75, 3.05) is 11.9 Å². The summed E-state index contributed by atoms with van der Waals surface area (Å²) >= 11 is 0. The molecule has 1 saturated carbocycles. The number of benzene rings is 1. The molecule has 4 nitrogen and oxygen atoms in total. The number of anilines is 1. The molecule has 128 valence electrons. The number of piperidine rings is 1. The summed E-state index contributed by atoms with van der Waals surface area (Å²) in [6.07, 6.45) is 7.14. The molecule has 1 N–H and O–H groups in total. The van der Waals surface area contributed by atoms with Crippen LogP contribution in [0.4, 0.5) is 10.1 Å². The molecule has 5 heteroatoms. The molecule has 2 fully saturated rings. The van der Waals surface area contributed by atoms with Crippen molar-refractivity contribution >= 4 is 17.5 Å². The number of carbonyl (C=O) groups excluding carboxylic acids is 2. The van der Waals surface area contributed by atoms with E-state index < -0.39 is 11.7 Å². The Bertz CT molecular complexity index is 673. The van der Waals surface area contributed by atoms with Crippen LogP contribution in [0.5, 0.6) is 0 Å². The molecule has 24 heavy (non-hydrogen) atoms. The molecule has 4 rings (SSSR count). The number of rotatable bonds is 1. The number of nitrogens with one attached hydrogen (secondary N) is 1. The van der Waals surface area contributed by atoms with Gasteiger partial charge < -0.3 is 10.2 Å². The molecule has 0 unspecified atom stereocenters. The molecule has 3 atom stereocenters. The topological polar surface area (TPSA) is 49.4 Å². The van der Waals surface area contributed by atoms with Gasteiger partial charge in [-0.25, -0.2) is 4.39 Å². The van der Waals surface area contributed by atoms with E-state index in [-0.39, 0.29) is 18.2 Å². The number of halogens is 1. The summed E-state index contributed by atoms with van der Waals surface area (Å²) in [4.78, 5) is 27.3. The van der Waals surface area contributed by atoms with E-state index >= 15 is 0 Å². The van der Waals surface area contributed by atoms with E-state index in [4.69, 9.17) is 0 Å². The summed E-state index contributed by atoms with van der Waals surface area (Å²) in [5.74, 6) is -0.415. The number of carbonyl (C=O) groups is 2. The van der Waals surface area contributed by atoms with Gasteiger partial charge in [-0.05, 0) is 49.3 Å². The number of hydrogen-bond donors (Lipinski definition) is 1. The van der Waals surface area contributed by atoms with E-state index in [1.54, 1.807) is 6.07 Å². The number of likely N-dealkylation sites (tertiary alicyclic amines) is 1. The molecule has 3 aliphatic rings. The fourth-order valence-electron chi connectivity index (χ4n) is 4.76. The molecule has 1 aliphatic carbocycles. The van der Waals surface area contributed by atoms with Crippen LogP contribution in [-0.2, 0) is 9.59 Å². The highest BCUT2D eigenvalue weighted by Crippen LogP contribution is 2.39. The lowest BCUT2D eigenvalue weighted by Gasteiger charge is -2.45. The van der Waals surface area contributed by atoms with Gasteiger partial charge in [0.2, 0.25) is 11.8 Å². The standard InChI is InChI=1S/C19H23FN2O2/c20-13-7-8-14-15(11-18(23)21-16(14)10-13)19(24)22-9-3-5-12-4-1-2-6-17(12)22/h7-8,10,12,15,17H,1-6,9,11H2,(H,21,23)/t12-,15+,17-/m1/s1. The highest BCUT2D eigenvalue weighted by atomic mass is 19.1. The van der Waals surface area contributed by atoms with Crippen LogP contribution in [0.25, 0.3) is 0 Å². The first-order chi connectivity index (χ1) is 11.6. The second-order valence-corrected chi connectivity index (χ2v) is 7.32. The molecule has 1 saturated heterocycles. The third kappa shape index (κ3) is 2.70.